The van der Waals surface area contributed by atoms with Gasteiger partial charge in [0.05, 0.1) is 0 Å². The van der Waals surface area contributed by atoms with Crippen molar-refractivity contribution in [3.8, 4) is 0 Å². The first-order valence-corrected chi connectivity index (χ1v) is 5.95. The second-order valence-corrected chi connectivity index (χ2v) is 5.11. The van der Waals surface area contributed by atoms with E-state index < -0.39 is 11.6 Å². The van der Waals surface area contributed by atoms with Crippen LogP contribution in [0.25, 0.3) is 0 Å². The van der Waals surface area contributed by atoms with Gasteiger partial charge in [-0.15, -0.1) is 0 Å². The third kappa shape index (κ3) is 1.88. The molecule has 1 N–H and O–H groups in total. The maximum atomic E-state index is 13.7. The Balaban J connectivity index is 2.52. The lowest BCUT2D eigenvalue weighted by atomic mass is 9.97. The molecule has 82 valence electrons. The highest BCUT2D eigenvalue weighted by molar-refractivity contribution is 7.99. The molecule has 0 saturated heterocycles. The number of thioether (sulfide) groups is 1. The molecule has 4 heteroatoms. The lowest BCUT2D eigenvalue weighted by Crippen LogP contribution is -2.30. The number of benzene rings is 1. The molecule has 2 rings (SSSR count). The van der Waals surface area contributed by atoms with Gasteiger partial charge in [-0.2, -0.15) is 11.8 Å². The summed E-state index contributed by atoms with van der Waals surface area (Å²) in [6.07, 6.45) is 0. The third-order valence-electron chi connectivity index (χ3n) is 2.77. The highest BCUT2D eigenvalue weighted by Crippen LogP contribution is 2.38. The summed E-state index contributed by atoms with van der Waals surface area (Å²) in [6.45, 7) is 2.05. The van der Waals surface area contributed by atoms with Gasteiger partial charge in [-0.25, -0.2) is 8.78 Å². The summed E-state index contributed by atoms with van der Waals surface area (Å²) >= 11 is 1.72. The molecular weight excluding hydrogens is 216 g/mol. The zero-order valence-electron chi connectivity index (χ0n) is 8.68. The van der Waals surface area contributed by atoms with Crippen LogP contribution in [0.15, 0.2) is 12.1 Å². The van der Waals surface area contributed by atoms with E-state index >= 15 is 0 Å². The molecule has 1 aromatic carbocycles. The van der Waals surface area contributed by atoms with Gasteiger partial charge >= 0.3 is 0 Å². The van der Waals surface area contributed by atoms with Crippen molar-refractivity contribution < 1.29 is 8.78 Å². The average Bonchev–Trinajstić information content (AvgIpc) is 2.18. The Morgan fingerprint density at radius 2 is 2.13 bits per heavy atom. The molecule has 0 spiro atoms. The first kappa shape index (κ1) is 10.9. The molecule has 0 saturated carbocycles. The zero-order chi connectivity index (χ0) is 11.0. The number of rotatable bonds is 1. The fourth-order valence-corrected chi connectivity index (χ4v) is 3.18. The largest absolute Gasteiger partial charge is 0.312 e. The van der Waals surface area contributed by atoms with E-state index in [1.807, 2.05) is 0 Å². The topological polar surface area (TPSA) is 12.0 Å². The number of hydrogen-bond donors (Lipinski definition) is 1. The van der Waals surface area contributed by atoms with Crippen molar-refractivity contribution in [1.29, 1.82) is 0 Å². The minimum absolute atomic E-state index is 0.0284. The van der Waals surface area contributed by atoms with Crippen LogP contribution < -0.4 is 5.32 Å². The number of halogens is 2. The van der Waals surface area contributed by atoms with Gasteiger partial charge in [0.25, 0.3) is 0 Å². The molecule has 0 aromatic heterocycles. The summed E-state index contributed by atoms with van der Waals surface area (Å²) in [5.74, 6) is -0.239. The average molecular weight is 229 g/mol. The SMILES string of the molecule is CNC1c2c(F)cc(F)cc2CSC1C. The molecule has 0 fully saturated rings. The molecule has 2 unspecified atom stereocenters. The first-order chi connectivity index (χ1) is 7.13. The van der Waals surface area contributed by atoms with E-state index in [2.05, 4.69) is 12.2 Å². The van der Waals surface area contributed by atoms with Crippen molar-refractivity contribution in [2.24, 2.45) is 0 Å². The van der Waals surface area contributed by atoms with Crippen molar-refractivity contribution in [2.45, 2.75) is 24.0 Å². The zero-order valence-corrected chi connectivity index (χ0v) is 9.50. The minimum atomic E-state index is -0.490. The van der Waals surface area contributed by atoms with E-state index in [0.29, 0.717) is 16.6 Å². The van der Waals surface area contributed by atoms with Gasteiger partial charge in [0.2, 0.25) is 0 Å². The quantitative estimate of drug-likeness (QED) is 0.794. The van der Waals surface area contributed by atoms with Crippen LogP contribution in [0.1, 0.15) is 24.1 Å². The maximum absolute atomic E-state index is 13.7. The van der Waals surface area contributed by atoms with E-state index in [1.54, 1.807) is 18.8 Å². The van der Waals surface area contributed by atoms with Crippen molar-refractivity contribution in [1.82, 2.24) is 5.32 Å². The summed E-state index contributed by atoms with van der Waals surface area (Å²) in [7, 11) is 1.81. The second-order valence-electron chi connectivity index (χ2n) is 3.74. The van der Waals surface area contributed by atoms with Gasteiger partial charge in [0.15, 0.2) is 0 Å². The molecule has 0 amide bonds. The van der Waals surface area contributed by atoms with Gasteiger partial charge in [-0.05, 0) is 18.7 Å². The molecule has 0 bridgehead atoms. The van der Waals surface area contributed by atoms with E-state index in [1.165, 1.54) is 6.07 Å². The molecular formula is C11H13F2NS. The molecule has 2 atom stereocenters. The van der Waals surface area contributed by atoms with Crippen LogP contribution in [0.5, 0.6) is 0 Å². The molecule has 0 aliphatic carbocycles. The fourth-order valence-electron chi connectivity index (χ4n) is 2.04. The van der Waals surface area contributed by atoms with E-state index in [9.17, 15) is 8.78 Å². The summed E-state index contributed by atoms with van der Waals surface area (Å²) < 4.78 is 26.7. The Hall–Kier alpha value is -0.610. The van der Waals surface area contributed by atoms with Crippen LogP contribution in [0.2, 0.25) is 0 Å². The van der Waals surface area contributed by atoms with Crippen molar-refractivity contribution in [2.75, 3.05) is 7.05 Å². The highest BCUT2D eigenvalue weighted by Gasteiger charge is 2.29. The number of fused-ring (bicyclic) bond motifs is 1. The number of hydrogen-bond acceptors (Lipinski definition) is 2. The van der Waals surface area contributed by atoms with Crippen molar-refractivity contribution in [3.05, 3.63) is 34.9 Å². The maximum Gasteiger partial charge on any atom is 0.131 e. The molecule has 15 heavy (non-hydrogen) atoms. The molecule has 1 nitrogen and oxygen atoms in total. The van der Waals surface area contributed by atoms with Crippen LogP contribution in [0.4, 0.5) is 8.78 Å². The van der Waals surface area contributed by atoms with Crippen LogP contribution in [0, 0.1) is 11.6 Å². The third-order valence-corrected chi connectivity index (χ3v) is 4.05. The van der Waals surface area contributed by atoms with Gasteiger partial charge < -0.3 is 5.32 Å². The predicted octanol–water partition coefficient (Wildman–Crippen LogP) is 2.86. The van der Waals surface area contributed by atoms with Crippen molar-refractivity contribution in [3.63, 3.8) is 0 Å². The molecule has 1 aromatic rings. The molecule has 1 heterocycles. The Labute approximate surface area is 92.3 Å². The Kier molecular flexibility index (Phi) is 2.98. The van der Waals surface area contributed by atoms with Gasteiger partial charge in [-0.1, -0.05) is 6.92 Å². The Morgan fingerprint density at radius 3 is 2.80 bits per heavy atom. The lowest BCUT2D eigenvalue weighted by molar-refractivity contribution is 0.512. The Morgan fingerprint density at radius 1 is 1.40 bits per heavy atom. The van der Waals surface area contributed by atoms with Crippen molar-refractivity contribution >= 4 is 11.8 Å². The Bertz CT molecular complexity index is 381. The minimum Gasteiger partial charge on any atom is -0.312 e. The van der Waals surface area contributed by atoms with Crippen LogP contribution >= 0.6 is 11.8 Å². The molecule has 0 radical (unpaired) electrons. The number of nitrogens with one attached hydrogen (secondary N) is 1. The smallest absolute Gasteiger partial charge is 0.131 e. The monoisotopic (exact) mass is 229 g/mol. The molecule has 1 aliphatic rings. The highest BCUT2D eigenvalue weighted by atomic mass is 32.2. The van der Waals surface area contributed by atoms with E-state index in [0.717, 1.165) is 11.6 Å². The summed E-state index contributed by atoms with van der Waals surface area (Å²) in [5, 5.41) is 3.39. The summed E-state index contributed by atoms with van der Waals surface area (Å²) in [6, 6.07) is 2.37. The van der Waals surface area contributed by atoms with Gasteiger partial charge in [-0.3, -0.25) is 0 Å². The lowest BCUT2D eigenvalue weighted by Gasteiger charge is -2.31. The van der Waals surface area contributed by atoms with E-state index in [4.69, 9.17) is 0 Å². The van der Waals surface area contributed by atoms with Gasteiger partial charge in [0, 0.05) is 28.7 Å². The fraction of sp³-hybridized carbons (Fsp3) is 0.455. The summed E-state index contributed by atoms with van der Waals surface area (Å²) in [5.41, 5.74) is 1.40. The van der Waals surface area contributed by atoms with Crippen LogP contribution in [-0.2, 0) is 5.75 Å². The standard InChI is InChI=1S/C11H13F2NS/c1-6-11(14-2)10-7(5-15-6)3-8(12)4-9(10)13/h3-4,6,11,14H,5H2,1-2H3. The van der Waals surface area contributed by atoms with Crippen LogP contribution in [0.3, 0.4) is 0 Å². The van der Waals surface area contributed by atoms with E-state index in [-0.39, 0.29) is 6.04 Å². The first-order valence-electron chi connectivity index (χ1n) is 4.90. The molecule has 1 aliphatic heterocycles. The second kappa shape index (κ2) is 4.10. The predicted molar refractivity (Wildman–Crippen MR) is 58.9 cm³/mol. The van der Waals surface area contributed by atoms with Gasteiger partial charge in [0.1, 0.15) is 11.6 Å². The summed E-state index contributed by atoms with van der Waals surface area (Å²) in [4.78, 5) is 0. The normalized spacial score (nSPS) is 25.1. The van der Waals surface area contributed by atoms with Crippen LogP contribution in [-0.4, -0.2) is 12.3 Å².